The second kappa shape index (κ2) is 6.25. The maximum Gasteiger partial charge on any atom is 0.278 e. The number of pyridine rings is 1. The van der Waals surface area contributed by atoms with E-state index < -0.39 is 9.85 Å². The van der Waals surface area contributed by atoms with Crippen molar-refractivity contribution in [3.05, 3.63) is 86.1 Å². The fraction of sp³-hybridized carbons (Fsp3) is 0. The van der Waals surface area contributed by atoms with Crippen LogP contribution < -0.4 is 0 Å². The average molecular weight is 321 g/mol. The topological polar surface area (TPSA) is 99.2 Å². The summed E-state index contributed by atoms with van der Waals surface area (Å²) in [5.74, 6) is 0. The average Bonchev–Trinajstić information content (AvgIpc) is 2.59. The molecule has 0 amide bonds. The van der Waals surface area contributed by atoms with Crippen LogP contribution >= 0.6 is 0 Å². The molecule has 118 valence electrons. The van der Waals surface area contributed by atoms with Gasteiger partial charge in [0.2, 0.25) is 0 Å². The highest BCUT2D eigenvalue weighted by molar-refractivity contribution is 5.88. The zero-order valence-electron chi connectivity index (χ0n) is 12.3. The third-order valence-corrected chi connectivity index (χ3v) is 3.48. The van der Waals surface area contributed by atoms with E-state index in [9.17, 15) is 20.2 Å². The molecule has 0 atom stereocenters. The summed E-state index contributed by atoms with van der Waals surface area (Å²) in [5.41, 5.74) is 2.02. The van der Waals surface area contributed by atoms with Crippen LogP contribution in [0.4, 0.5) is 11.4 Å². The third-order valence-electron chi connectivity index (χ3n) is 3.48. The number of nitrogens with zero attached hydrogens (tertiary/aromatic N) is 3. The Kier molecular flexibility index (Phi) is 3.98. The largest absolute Gasteiger partial charge is 0.278 e. The molecule has 7 nitrogen and oxygen atoms in total. The van der Waals surface area contributed by atoms with E-state index in [1.54, 1.807) is 48.6 Å². The molecule has 1 aromatic heterocycles. The van der Waals surface area contributed by atoms with Crippen molar-refractivity contribution >= 4 is 34.4 Å². The second-order valence-electron chi connectivity index (χ2n) is 5.02. The number of aromatic nitrogens is 1. The Hall–Kier alpha value is -3.61. The summed E-state index contributed by atoms with van der Waals surface area (Å²) >= 11 is 0. The molecule has 3 aromatic rings. The lowest BCUT2D eigenvalue weighted by Gasteiger charge is -2.00. The molecule has 0 saturated heterocycles. The van der Waals surface area contributed by atoms with Gasteiger partial charge < -0.3 is 0 Å². The summed E-state index contributed by atoms with van der Waals surface area (Å²) in [6.07, 6.45) is 3.52. The number of benzene rings is 2. The molecule has 1 heterocycles. The Bertz CT molecular complexity index is 965. The maximum absolute atomic E-state index is 11.0. The van der Waals surface area contributed by atoms with Crippen LogP contribution in [0.15, 0.2) is 54.6 Å². The van der Waals surface area contributed by atoms with Crippen molar-refractivity contribution in [1.29, 1.82) is 0 Å². The van der Waals surface area contributed by atoms with E-state index in [4.69, 9.17) is 0 Å². The van der Waals surface area contributed by atoms with E-state index >= 15 is 0 Å². The third kappa shape index (κ3) is 3.09. The first-order chi connectivity index (χ1) is 11.5. The molecule has 0 spiro atoms. The van der Waals surface area contributed by atoms with E-state index in [-0.39, 0.29) is 11.4 Å². The van der Waals surface area contributed by atoms with Gasteiger partial charge in [-0.2, -0.15) is 0 Å². The van der Waals surface area contributed by atoms with E-state index in [1.165, 1.54) is 18.2 Å². The van der Waals surface area contributed by atoms with Gasteiger partial charge in [-0.05, 0) is 42.0 Å². The van der Waals surface area contributed by atoms with Gasteiger partial charge >= 0.3 is 0 Å². The molecular weight excluding hydrogens is 310 g/mol. The molecule has 3 rings (SSSR count). The van der Waals surface area contributed by atoms with Crippen LogP contribution in [0.1, 0.15) is 11.3 Å². The van der Waals surface area contributed by atoms with Gasteiger partial charge in [0, 0.05) is 18.2 Å². The number of hydrogen-bond acceptors (Lipinski definition) is 5. The van der Waals surface area contributed by atoms with Crippen LogP contribution in [0.5, 0.6) is 0 Å². The van der Waals surface area contributed by atoms with Crippen molar-refractivity contribution in [2.24, 2.45) is 0 Å². The number of nitro benzene ring substituents is 2. The Morgan fingerprint density at radius 1 is 0.833 bits per heavy atom. The van der Waals surface area contributed by atoms with Gasteiger partial charge in [0.05, 0.1) is 26.4 Å². The van der Waals surface area contributed by atoms with Crippen molar-refractivity contribution < 1.29 is 9.85 Å². The Morgan fingerprint density at radius 2 is 1.58 bits per heavy atom. The maximum atomic E-state index is 11.0. The van der Waals surface area contributed by atoms with Gasteiger partial charge in [0.1, 0.15) is 0 Å². The highest BCUT2D eigenvalue weighted by Crippen LogP contribution is 2.24. The lowest BCUT2D eigenvalue weighted by molar-refractivity contribution is -0.384. The lowest BCUT2D eigenvalue weighted by Crippen LogP contribution is -1.91. The fourth-order valence-corrected chi connectivity index (χ4v) is 2.30. The van der Waals surface area contributed by atoms with Crippen LogP contribution in [-0.2, 0) is 0 Å². The molecule has 0 unspecified atom stereocenters. The summed E-state index contributed by atoms with van der Waals surface area (Å²) in [6.45, 7) is 0. The summed E-state index contributed by atoms with van der Waals surface area (Å²) in [5, 5.41) is 22.1. The normalized spacial score (nSPS) is 11.0. The van der Waals surface area contributed by atoms with Crippen LogP contribution in [0.2, 0.25) is 0 Å². The first kappa shape index (κ1) is 15.3. The number of rotatable bonds is 4. The lowest BCUT2D eigenvalue weighted by atomic mass is 10.1. The molecular formula is C17H11N3O4. The summed E-state index contributed by atoms with van der Waals surface area (Å²) in [6, 6.07) is 14.2. The van der Waals surface area contributed by atoms with Gasteiger partial charge in [0.25, 0.3) is 11.4 Å². The van der Waals surface area contributed by atoms with E-state index in [0.717, 1.165) is 5.56 Å². The second-order valence-corrected chi connectivity index (χ2v) is 5.02. The summed E-state index contributed by atoms with van der Waals surface area (Å²) in [4.78, 5) is 25.1. The summed E-state index contributed by atoms with van der Waals surface area (Å²) < 4.78 is 0. The fourth-order valence-electron chi connectivity index (χ4n) is 2.30. The first-order valence-electron chi connectivity index (χ1n) is 7.01. The molecule has 0 bridgehead atoms. The van der Waals surface area contributed by atoms with E-state index in [0.29, 0.717) is 16.6 Å². The van der Waals surface area contributed by atoms with Crippen molar-refractivity contribution in [2.75, 3.05) is 0 Å². The van der Waals surface area contributed by atoms with Gasteiger partial charge in [-0.15, -0.1) is 0 Å². The highest BCUT2D eigenvalue weighted by atomic mass is 16.6. The Morgan fingerprint density at radius 3 is 2.25 bits per heavy atom. The molecule has 2 aromatic carbocycles. The monoisotopic (exact) mass is 321 g/mol. The number of hydrogen-bond donors (Lipinski definition) is 0. The molecule has 0 radical (unpaired) electrons. The zero-order chi connectivity index (χ0) is 17.1. The smallest absolute Gasteiger partial charge is 0.258 e. The predicted molar refractivity (Wildman–Crippen MR) is 90.4 cm³/mol. The van der Waals surface area contributed by atoms with Gasteiger partial charge in [-0.25, -0.2) is 4.98 Å². The molecule has 0 aliphatic heterocycles. The molecule has 0 fully saturated rings. The van der Waals surface area contributed by atoms with Gasteiger partial charge in [-0.1, -0.05) is 12.1 Å². The van der Waals surface area contributed by atoms with Crippen LogP contribution in [-0.4, -0.2) is 14.8 Å². The Balaban J connectivity index is 1.90. The molecule has 0 aliphatic rings. The SMILES string of the molecule is O=[N+]([O-])c1ccc(/C=C/c2ccc3c([N+](=O)[O-])cccc3n2)cc1. The van der Waals surface area contributed by atoms with Crippen molar-refractivity contribution in [1.82, 2.24) is 4.98 Å². The van der Waals surface area contributed by atoms with Crippen molar-refractivity contribution in [3.63, 3.8) is 0 Å². The van der Waals surface area contributed by atoms with Gasteiger partial charge in [-0.3, -0.25) is 20.2 Å². The summed E-state index contributed by atoms with van der Waals surface area (Å²) in [7, 11) is 0. The number of nitro groups is 2. The minimum atomic E-state index is -0.453. The quantitative estimate of drug-likeness (QED) is 0.529. The van der Waals surface area contributed by atoms with Crippen molar-refractivity contribution in [2.45, 2.75) is 0 Å². The molecule has 0 aliphatic carbocycles. The zero-order valence-corrected chi connectivity index (χ0v) is 12.3. The van der Waals surface area contributed by atoms with Crippen LogP contribution in [0.3, 0.4) is 0 Å². The van der Waals surface area contributed by atoms with Crippen molar-refractivity contribution in [3.8, 4) is 0 Å². The Labute approximate surface area is 136 Å². The predicted octanol–water partition coefficient (Wildman–Crippen LogP) is 4.22. The van der Waals surface area contributed by atoms with E-state index in [1.807, 2.05) is 0 Å². The van der Waals surface area contributed by atoms with Crippen LogP contribution in [0.25, 0.3) is 23.1 Å². The number of non-ortho nitro benzene ring substituents is 2. The van der Waals surface area contributed by atoms with E-state index in [2.05, 4.69) is 4.98 Å². The standard InChI is InChI=1S/C17H11N3O4/c21-19(22)14-9-5-12(6-10-14)4-7-13-8-11-15-16(18-13)2-1-3-17(15)20(23)24/h1-11H/b7-4+. The number of fused-ring (bicyclic) bond motifs is 1. The molecule has 24 heavy (non-hydrogen) atoms. The molecule has 7 heteroatoms. The minimum Gasteiger partial charge on any atom is -0.258 e. The minimum absolute atomic E-state index is 0.0194. The highest BCUT2D eigenvalue weighted by Gasteiger charge is 2.11. The molecule has 0 N–H and O–H groups in total. The van der Waals surface area contributed by atoms with Gasteiger partial charge in [0.15, 0.2) is 0 Å². The van der Waals surface area contributed by atoms with Crippen LogP contribution in [0, 0.1) is 20.2 Å². The first-order valence-corrected chi connectivity index (χ1v) is 7.01. The molecule has 0 saturated carbocycles.